The molecule has 4 rings (SSSR count). The summed E-state index contributed by atoms with van der Waals surface area (Å²) in [5.41, 5.74) is 1.78. The van der Waals surface area contributed by atoms with Crippen LogP contribution in [0.5, 0.6) is 0 Å². The van der Waals surface area contributed by atoms with Crippen molar-refractivity contribution in [2.45, 2.75) is 32.7 Å². The van der Waals surface area contributed by atoms with E-state index >= 15 is 0 Å². The summed E-state index contributed by atoms with van der Waals surface area (Å²) in [5.74, 6) is 2.08. The Kier molecular flexibility index (Phi) is 5.53. The number of nitrogens with one attached hydrogen (secondary N) is 1. The molecule has 0 aliphatic carbocycles. The number of nitrogens with zero attached hydrogens (tertiary/aromatic N) is 3. The van der Waals surface area contributed by atoms with Crippen LogP contribution in [0.1, 0.15) is 31.5 Å². The van der Waals surface area contributed by atoms with Gasteiger partial charge in [-0.1, -0.05) is 6.92 Å². The Morgan fingerprint density at radius 3 is 2.75 bits per heavy atom. The Morgan fingerprint density at radius 1 is 1.21 bits per heavy atom. The van der Waals surface area contributed by atoms with Crippen LogP contribution in [0.15, 0.2) is 51.5 Å². The predicted octanol–water partition coefficient (Wildman–Crippen LogP) is 3.74. The van der Waals surface area contributed by atoms with Crippen LogP contribution >= 0.6 is 0 Å². The van der Waals surface area contributed by atoms with Crippen LogP contribution in [-0.4, -0.2) is 34.1 Å². The van der Waals surface area contributed by atoms with E-state index in [1.54, 1.807) is 6.26 Å². The molecule has 0 radical (unpaired) electrons. The van der Waals surface area contributed by atoms with Crippen LogP contribution in [0.3, 0.4) is 0 Å². The highest BCUT2D eigenvalue weighted by molar-refractivity contribution is 5.93. The first kappa shape index (κ1) is 18.4. The first-order valence-corrected chi connectivity index (χ1v) is 9.69. The zero-order valence-electron chi connectivity index (χ0n) is 15.9. The lowest BCUT2D eigenvalue weighted by molar-refractivity contribution is -0.121. The average Bonchev–Trinajstić information content (AvgIpc) is 3.41. The van der Waals surface area contributed by atoms with Gasteiger partial charge in [0.05, 0.1) is 18.7 Å². The van der Waals surface area contributed by atoms with Gasteiger partial charge in [-0.25, -0.2) is 0 Å². The molecule has 1 N–H and O–H groups in total. The van der Waals surface area contributed by atoms with Crippen molar-refractivity contribution in [3.63, 3.8) is 0 Å². The van der Waals surface area contributed by atoms with Crippen molar-refractivity contribution in [2.75, 3.05) is 18.4 Å². The molecule has 28 heavy (non-hydrogen) atoms. The topological polar surface area (TPSA) is 84.4 Å². The number of likely N-dealkylation sites (tertiary alicyclic amines) is 1. The fourth-order valence-corrected chi connectivity index (χ4v) is 3.50. The highest BCUT2D eigenvalue weighted by Gasteiger charge is 2.27. The minimum absolute atomic E-state index is 0.0490. The molecule has 0 bridgehead atoms. The molecule has 7 nitrogen and oxygen atoms in total. The Hall–Kier alpha value is -2.93. The third-order valence-electron chi connectivity index (χ3n) is 5.00. The van der Waals surface area contributed by atoms with E-state index in [9.17, 15) is 4.79 Å². The van der Waals surface area contributed by atoms with Crippen LogP contribution < -0.4 is 5.32 Å². The van der Waals surface area contributed by atoms with E-state index in [1.165, 1.54) is 0 Å². The smallest absolute Gasteiger partial charge is 0.230 e. The fourth-order valence-electron chi connectivity index (χ4n) is 3.50. The van der Waals surface area contributed by atoms with Crippen LogP contribution in [0.4, 0.5) is 5.69 Å². The molecule has 2 aromatic heterocycles. The van der Waals surface area contributed by atoms with Crippen molar-refractivity contribution in [3.05, 3.63) is 54.4 Å². The fraction of sp³-hybridized carbons (Fsp3) is 0.381. The standard InChI is InChI=1S/C21H24N4O3/c1-2-19-23-24-20(28-19)14-25-11-3-5-16(13-25)21(26)22-17-9-7-15(8-10-17)18-6-4-12-27-18/h4,6-10,12,16H,2-3,5,11,13-14H2,1H3,(H,22,26)/t16-/m0/s1. The van der Waals surface area contributed by atoms with E-state index in [-0.39, 0.29) is 11.8 Å². The number of carbonyl (C=O) groups excluding carboxylic acids is 1. The number of hydrogen-bond acceptors (Lipinski definition) is 6. The number of hydrogen-bond donors (Lipinski definition) is 1. The van der Waals surface area contributed by atoms with E-state index in [4.69, 9.17) is 8.83 Å². The SMILES string of the molecule is CCc1nnc(CN2CCC[C@H](C(=O)Nc3ccc(-c4ccco4)cc3)C2)o1. The molecule has 1 aromatic carbocycles. The van der Waals surface area contributed by atoms with Crippen molar-refractivity contribution in [2.24, 2.45) is 5.92 Å². The quantitative estimate of drug-likeness (QED) is 0.701. The molecule has 1 aliphatic rings. The molecule has 1 atom stereocenters. The maximum Gasteiger partial charge on any atom is 0.230 e. The third-order valence-corrected chi connectivity index (χ3v) is 5.00. The predicted molar refractivity (Wildman–Crippen MR) is 104 cm³/mol. The van der Waals surface area contributed by atoms with Gasteiger partial charge in [0.2, 0.25) is 17.7 Å². The van der Waals surface area contributed by atoms with Crippen LogP contribution in [-0.2, 0) is 17.8 Å². The lowest BCUT2D eigenvalue weighted by Gasteiger charge is -2.30. The van der Waals surface area contributed by atoms with Gasteiger partial charge in [-0.15, -0.1) is 10.2 Å². The monoisotopic (exact) mass is 380 g/mol. The number of rotatable bonds is 6. The number of benzene rings is 1. The number of amides is 1. The van der Waals surface area contributed by atoms with Crippen molar-refractivity contribution in [1.82, 2.24) is 15.1 Å². The average molecular weight is 380 g/mol. The summed E-state index contributed by atoms with van der Waals surface area (Å²) < 4.78 is 11.0. The molecule has 0 unspecified atom stereocenters. The highest BCUT2D eigenvalue weighted by Crippen LogP contribution is 2.23. The van der Waals surface area contributed by atoms with Gasteiger partial charge in [-0.3, -0.25) is 9.69 Å². The lowest BCUT2D eigenvalue weighted by atomic mass is 9.97. The normalized spacial score (nSPS) is 17.5. The van der Waals surface area contributed by atoms with Crippen molar-refractivity contribution in [3.8, 4) is 11.3 Å². The van der Waals surface area contributed by atoms with E-state index in [0.717, 1.165) is 42.8 Å². The molecule has 146 valence electrons. The van der Waals surface area contributed by atoms with Gasteiger partial charge in [0.15, 0.2) is 0 Å². The summed E-state index contributed by atoms with van der Waals surface area (Å²) in [5, 5.41) is 11.1. The third kappa shape index (κ3) is 4.31. The minimum Gasteiger partial charge on any atom is -0.464 e. The Bertz CT molecular complexity index is 902. The minimum atomic E-state index is -0.0490. The first-order valence-electron chi connectivity index (χ1n) is 9.69. The number of aromatic nitrogens is 2. The second-order valence-electron chi connectivity index (χ2n) is 7.06. The molecule has 1 saturated heterocycles. The van der Waals surface area contributed by atoms with E-state index in [1.807, 2.05) is 43.3 Å². The number of aryl methyl sites for hydroxylation is 1. The van der Waals surface area contributed by atoms with Crippen molar-refractivity contribution in [1.29, 1.82) is 0 Å². The Balaban J connectivity index is 1.33. The lowest BCUT2D eigenvalue weighted by Crippen LogP contribution is -2.40. The molecular weight excluding hydrogens is 356 g/mol. The van der Waals surface area contributed by atoms with Gasteiger partial charge in [-0.05, 0) is 55.8 Å². The molecular formula is C21H24N4O3. The summed E-state index contributed by atoms with van der Waals surface area (Å²) in [4.78, 5) is 14.9. The first-order chi connectivity index (χ1) is 13.7. The highest BCUT2D eigenvalue weighted by atomic mass is 16.4. The summed E-state index contributed by atoms with van der Waals surface area (Å²) in [6.45, 7) is 4.21. The van der Waals surface area contributed by atoms with Crippen molar-refractivity contribution < 1.29 is 13.6 Å². The Morgan fingerprint density at radius 2 is 2.04 bits per heavy atom. The second-order valence-corrected chi connectivity index (χ2v) is 7.06. The number of anilines is 1. The zero-order valence-corrected chi connectivity index (χ0v) is 15.9. The summed E-state index contributed by atoms with van der Waals surface area (Å²) >= 11 is 0. The van der Waals surface area contributed by atoms with Gasteiger partial charge in [0.1, 0.15) is 5.76 Å². The van der Waals surface area contributed by atoms with E-state index in [0.29, 0.717) is 24.9 Å². The van der Waals surface area contributed by atoms with Crippen molar-refractivity contribution >= 4 is 11.6 Å². The van der Waals surface area contributed by atoms with Gasteiger partial charge in [0, 0.05) is 24.2 Å². The molecule has 3 aromatic rings. The van der Waals surface area contributed by atoms with Crippen LogP contribution in [0.2, 0.25) is 0 Å². The number of carbonyl (C=O) groups is 1. The summed E-state index contributed by atoms with van der Waals surface area (Å²) in [6.07, 6.45) is 4.25. The largest absolute Gasteiger partial charge is 0.464 e. The van der Waals surface area contributed by atoms with Gasteiger partial charge < -0.3 is 14.2 Å². The van der Waals surface area contributed by atoms with Gasteiger partial charge >= 0.3 is 0 Å². The maximum atomic E-state index is 12.7. The molecule has 0 spiro atoms. The van der Waals surface area contributed by atoms with E-state index < -0.39 is 0 Å². The van der Waals surface area contributed by atoms with Crippen LogP contribution in [0.25, 0.3) is 11.3 Å². The van der Waals surface area contributed by atoms with Gasteiger partial charge in [-0.2, -0.15) is 0 Å². The summed E-state index contributed by atoms with van der Waals surface area (Å²) in [6, 6.07) is 11.5. The molecule has 1 fully saturated rings. The molecule has 1 aliphatic heterocycles. The molecule has 1 amide bonds. The molecule has 0 saturated carbocycles. The van der Waals surface area contributed by atoms with Gasteiger partial charge in [0.25, 0.3) is 0 Å². The maximum absolute atomic E-state index is 12.7. The Labute approximate surface area is 163 Å². The molecule has 3 heterocycles. The second kappa shape index (κ2) is 8.39. The van der Waals surface area contributed by atoms with E-state index in [2.05, 4.69) is 20.4 Å². The zero-order chi connectivity index (χ0) is 19.3. The van der Waals surface area contributed by atoms with Crippen LogP contribution in [0, 0.1) is 5.92 Å². The summed E-state index contributed by atoms with van der Waals surface area (Å²) in [7, 11) is 0. The molecule has 7 heteroatoms. The number of piperidine rings is 1. The number of furan rings is 1.